The molecule has 0 bridgehead atoms. The predicted octanol–water partition coefficient (Wildman–Crippen LogP) is 5.64. The van der Waals surface area contributed by atoms with Crippen LogP contribution in [0, 0.1) is 25.2 Å². The van der Waals surface area contributed by atoms with Crippen molar-refractivity contribution < 1.29 is 4.79 Å². The molecule has 0 unspecified atom stereocenters. The quantitative estimate of drug-likeness (QED) is 0.406. The molecule has 0 aliphatic carbocycles. The van der Waals surface area contributed by atoms with Gasteiger partial charge in [-0.1, -0.05) is 42.5 Å². The summed E-state index contributed by atoms with van der Waals surface area (Å²) >= 11 is 3.59. The lowest BCUT2D eigenvalue weighted by Gasteiger charge is -2.14. The minimum absolute atomic E-state index is 0.0835. The standard InChI is InChI=1S/C24H22BrN3O/c1-16-13-20(18(3)28(16)23-12-8-7-11-22(23)25)14-21(15-26)24(29)27-17(2)19-9-5-4-6-10-19/h4-14,17H,1-3H3,(H,27,29)/b21-14-/t17-/m0/s1. The molecule has 29 heavy (non-hydrogen) atoms. The molecule has 0 spiro atoms. The van der Waals surface area contributed by atoms with Gasteiger partial charge >= 0.3 is 0 Å². The largest absolute Gasteiger partial charge is 0.345 e. The van der Waals surface area contributed by atoms with Crippen LogP contribution in [0.4, 0.5) is 0 Å². The average molecular weight is 448 g/mol. The van der Waals surface area contributed by atoms with Crippen LogP contribution >= 0.6 is 15.9 Å². The highest BCUT2D eigenvalue weighted by atomic mass is 79.9. The van der Waals surface area contributed by atoms with Crippen LogP contribution in [-0.4, -0.2) is 10.5 Å². The summed E-state index contributed by atoms with van der Waals surface area (Å²) in [7, 11) is 0. The van der Waals surface area contributed by atoms with Gasteiger partial charge < -0.3 is 9.88 Å². The number of carbonyl (C=O) groups excluding carboxylic acids is 1. The summed E-state index contributed by atoms with van der Waals surface area (Å²) in [5.74, 6) is -0.380. The Balaban J connectivity index is 1.90. The van der Waals surface area contributed by atoms with E-state index in [2.05, 4.69) is 25.8 Å². The van der Waals surface area contributed by atoms with Crippen molar-refractivity contribution >= 4 is 27.9 Å². The molecule has 1 heterocycles. The Bertz CT molecular complexity index is 1110. The molecular weight excluding hydrogens is 426 g/mol. The Kier molecular flexibility index (Phi) is 6.36. The van der Waals surface area contributed by atoms with Gasteiger partial charge in [0.05, 0.1) is 11.7 Å². The van der Waals surface area contributed by atoms with E-state index in [0.29, 0.717) is 0 Å². The predicted molar refractivity (Wildman–Crippen MR) is 120 cm³/mol. The number of benzene rings is 2. The minimum Gasteiger partial charge on any atom is -0.345 e. The van der Waals surface area contributed by atoms with Crippen LogP contribution in [0.2, 0.25) is 0 Å². The lowest BCUT2D eigenvalue weighted by Crippen LogP contribution is -2.27. The van der Waals surface area contributed by atoms with Gasteiger partial charge in [0.2, 0.25) is 0 Å². The number of hydrogen-bond acceptors (Lipinski definition) is 2. The SMILES string of the molecule is Cc1cc(/C=C(/C#N)C(=O)N[C@@H](C)c2ccccc2)c(C)n1-c1ccccc1Br. The van der Waals surface area contributed by atoms with Gasteiger partial charge in [0, 0.05) is 15.9 Å². The second kappa shape index (κ2) is 8.93. The summed E-state index contributed by atoms with van der Waals surface area (Å²) in [6.45, 7) is 5.90. The molecule has 3 rings (SSSR count). The van der Waals surface area contributed by atoms with Crippen LogP contribution in [0.5, 0.6) is 0 Å². The number of halogens is 1. The van der Waals surface area contributed by atoms with E-state index in [9.17, 15) is 10.1 Å². The molecule has 2 aromatic carbocycles. The highest BCUT2D eigenvalue weighted by molar-refractivity contribution is 9.10. The molecule has 0 aliphatic rings. The number of nitriles is 1. The molecule has 0 saturated heterocycles. The fraction of sp³-hybridized carbons (Fsp3) is 0.167. The molecule has 1 atom stereocenters. The number of aromatic nitrogens is 1. The van der Waals surface area contributed by atoms with Gasteiger partial charge in [-0.25, -0.2) is 0 Å². The van der Waals surface area contributed by atoms with Crippen molar-refractivity contribution in [2.45, 2.75) is 26.8 Å². The first-order chi connectivity index (χ1) is 13.9. The first-order valence-corrected chi connectivity index (χ1v) is 10.1. The Labute approximate surface area is 179 Å². The number of aryl methyl sites for hydroxylation is 1. The number of carbonyl (C=O) groups is 1. The van der Waals surface area contributed by atoms with Crippen molar-refractivity contribution in [1.29, 1.82) is 5.26 Å². The summed E-state index contributed by atoms with van der Waals surface area (Å²) in [6.07, 6.45) is 1.66. The maximum Gasteiger partial charge on any atom is 0.262 e. The summed E-state index contributed by atoms with van der Waals surface area (Å²) in [6, 6.07) is 21.5. The monoisotopic (exact) mass is 447 g/mol. The number of amides is 1. The van der Waals surface area contributed by atoms with Crippen molar-refractivity contribution in [3.63, 3.8) is 0 Å². The summed E-state index contributed by atoms with van der Waals surface area (Å²) < 4.78 is 3.09. The lowest BCUT2D eigenvalue weighted by atomic mass is 10.1. The Morgan fingerprint density at radius 2 is 1.79 bits per heavy atom. The molecule has 4 nitrogen and oxygen atoms in total. The van der Waals surface area contributed by atoms with E-state index in [4.69, 9.17) is 0 Å². The zero-order valence-corrected chi connectivity index (χ0v) is 18.2. The summed E-state index contributed by atoms with van der Waals surface area (Å²) in [4.78, 5) is 12.7. The Morgan fingerprint density at radius 1 is 1.14 bits per heavy atom. The van der Waals surface area contributed by atoms with Gasteiger partial charge in [0.1, 0.15) is 11.6 Å². The topological polar surface area (TPSA) is 57.8 Å². The van der Waals surface area contributed by atoms with Crippen LogP contribution in [0.25, 0.3) is 11.8 Å². The molecule has 3 aromatic rings. The minimum atomic E-state index is -0.380. The third-order valence-electron chi connectivity index (χ3n) is 4.88. The van der Waals surface area contributed by atoms with Gasteiger partial charge in [-0.15, -0.1) is 0 Å². The van der Waals surface area contributed by atoms with Crippen LogP contribution < -0.4 is 5.32 Å². The maximum atomic E-state index is 12.7. The number of nitrogens with zero attached hydrogens (tertiary/aromatic N) is 2. The number of rotatable bonds is 5. The molecule has 0 aliphatic heterocycles. The fourth-order valence-electron chi connectivity index (χ4n) is 3.34. The Morgan fingerprint density at radius 3 is 2.45 bits per heavy atom. The second-order valence-electron chi connectivity index (χ2n) is 6.89. The maximum absolute atomic E-state index is 12.7. The lowest BCUT2D eigenvalue weighted by molar-refractivity contribution is -0.117. The zero-order chi connectivity index (χ0) is 21.0. The number of para-hydroxylation sites is 1. The molecule has 0 fully saturated rings. The molecular formula is C24H22BrN3O. The van der Waals surface area contributed by atoms with Crippen LogP contribution in [0.1, 0.15) is 35.5 Å². The van der Waals surface area contributed by atoms with E-state index < -0.39 is 0 Å². The van der Waals surface area contributed by atoms with E-state index in [1.807, 2.05) is 87.5 Å². The van der Waals surface area contributed by atoms with Crippen molar-refractivity contribution in [2.24, 2.45) is 0 Å². The first-order valence-electron chi connectivity index (χ1n) is 9.33. The van der Waals surface area contributed by atoms with Crippen LogP contribution in [0.15, 0.2) is 70.7 Å². The van der Waals surface area contributed by atoms with E-state index in [1.54, 1.807) is 6.08 Å². The average Bonchev–Trinajstić information content (AvgIpc) is 3.00. The van der Waals surface area contributed by atoms with Crippen molar-refractivity contribution in [3.05, 3.63) is 93.2 Å². The van der Waals surface area contributed by atoms with Crippen molar-refractivity contribution in [3.8, 4) is 11.8 Å². The summed E-state index contributed by atoms with van der Waals surface area (Å²) in [5.41, 5.74) is 4.92. The van der Waals surface area contributed by atoms with Gasteiger partial charge in [-0.3, -0.25) is 4.79 Å². The third-order valence-corrected chi connectivity index (χ3v) is 5.55. The molecule has 146 valence electrons. The Hall–Kier alpha value is -3.10. The van der Waals surface area contributed by atoms with Crippen molar-refractivity contribution in [1.82, 2.24) is 9.88 Å². The molecule has 1 aromatic heterocycles. The third kappa shape index (κ3) is 4.49. The highest BCUT2D eigenvalue weighted by Gasteiger charge is 2.16. The van der Waals surface area contributed by atoms with Gasteiger partial charge in [-0.05, 0) is 72.1 Å². The van der Waals surface area contributed by atoms with E-state index in [1.165, 1.54) is 0 Å². The molecule has 1 N–H and O–H groups in total. The van der Waals surface area contributed by atoms with Crippen LogP contribution in [-0.2, 0) is 4.79 Å². The normalized spacial score (nSPS) is 12.3. The zero-order valence-electron chi connectivity index (χ0n) is 16.6. The molecule has 5 heteroatoms. The molecule has 0 saturated carbocycles. The van der Waals surface area contributed by atoms with Gasteiger partial charge in [0.25, 0.3) is 5.91 Å². The first kappa shape index (κ1) is 20.6. The molecule has 0 radical (unpaired) electrons. The number of hydrogen-bond donors (Lipinski definition) is 1. The fourth-order valence-corrected chi connectivity index (χ4v) is 3.80. The van der Waals surface area contributed by atoms with Crippen LogP contribution in [0.3, 0.4) is 0 Å². The van der Waals surface area contributed by atoms with E-state index >= 15 is 0 Å². The number of nitrogens with one attached hydrogen (secondary N) is 1. The smallest absolute Gasteiger partial charge is 0.262 e. The van der Waals surface area contributed by atoms with Gasteiger partial charge in [0.15, 0.2) is 0 Å². The highest BCUT2D eigenvalue weighted by Crippen LogP contribution is 2.27. The summed E-state index contributed by atoms with van der Waals surface area (Å²) in [5, 5.41) is 12.5. The van der Waals surface area contributed by atoms with E-state index in [-0.39, 0.29) is 17.5 Å². The van der Waals surface area contributed by atoms with Gasteiger partial charge in [-0.2, -0.15) is 5.26 Å². The second-order valence-corrected chi connectivity index (χ2v) is 7.74. The molecule has 1 amide bonds. The van der Waals surface area contributed by atoms with Crippen molar-refractivity contribution in [2.75, 3.05) is 0 Å². The van der Waals surface area contributed by atoms with E-state index in [0.717, 1.165) is 32.7 Å².